The number of hydrogen-bond donors (Lipinski definition) is 2. The Morgan fingerprint density at radius 2 is 2.16 bits per heavy atom. The predicted octanol–water partition coefficient (Wildman–Crippen LogP) is 4.87. The molecule has 0 saturated carbocycles. The highest BCUT2D eigenvalue weighted by atomic mass is 19.1. The number of aromatic nitrogens is 1. The zero-order valence-corrected chi connectivity index (χ0v) is 22.5. The largest absolute Gasteiger partial charge is 0.480 e. The van der Waals surface area contributed by atoms with Crippen LogP contribution in [0.15, 0.2) is 30.3 Å². The molecule has 1 saturated heterocycles. The van der Waals surface area contributed by atoms with Crippen molar-refractivity contribution in [2.24, 2.45) is 0 Å². The molecule has 38 heavy (non-hydrogen) atoms. The van der Waals surface area contributed by atoms with Crippen LogP contribution in [0.1, 0.15) is 73.5 Å². The van der Waals surface area contributed by atoms with Gasteiger partial charge in [-0.05, 0) is 80.7 Å². The number of rotatable bonds is 10. The number of unbranched alkanes of at least 4 members (excludes halogenated alkanes) is 1. The lowest BCUT2D eigenvalue weighted by Gasteiger charge is -2.35. The number of carboxylic acid groups (broad SMARTS) is 1. The van der Waals surface area contributed by atoms with E-state index in [1.165, 1.54) is 19.4 Å². The molecule has 1 aromatic heterocycles. The molecule has 1 fully saturated rings. The Hall–Kier alpha value is -2.55. The highest BCUT2D eigenvalue weighted by molar-refractivity contribution is 5.76. The van der Waals surface area contributed by atoms with E-state index in [0.717, 1.165) is 73.3 Å². The number of alkyl halides is 1. The summed E-state index contributed by atoms with van der Waals surface area (Å²) in [6.07, 6.45) is 5.75. The molecular weight excluding hydrogens is 485 g/mol. The number of likely N-dealkylation sites (tertiary alicyclic amines) is 1. The normalized spacial score (nSPS) is 22.4. The van der Waals surface area contributed by atoms with E-state index in [4.69, 9.17) is 14.5 Å². The Kier molecular flexibility index (Phi) is 8.31. The zero-order valence-electron chi connectivity index (χ0n) is 22.5. The van der Waals surface area contributed by atoms with Crippen molar-refractivity contribution in [3.63, 3.8) is 0 Å². The standard InChI is InChI=1S/C30H40FN3O4/c1-30(2,31)26-17-25-21(19-38-26)7-5-10-24(25)27(29(35)36)34-15-13-23(18-34)37-16-4-3-9-22-12-11-20-8-6-14-32-28(20)33-22/h5,7,10-12,23,26-27H,3-4,6,8-9,13-19H2,1-2H3,(H,32,33)(H,35,36)/t23-,26-,27+/m1/s1. The average Bonchev–Trinajstić information content (AvgIpc) is 3.36. The molecule has 7 nitrogen and oxygen atoms in total. The number of nitrogens with zero attached hydrogens (tertiary/aromatic N) is 2. The molecule has 2 aromatic rings. The van der Waals surface area contributed by atoms with Gasteiger partial charge >= 0.3 is 5.97 Å². The van der Waals surface area contributed by atoms with Crippen molar-refractivity contribution in [1.29, 1.82) is 0 Å². The maximum absolute atomic E-state index is 14.7. The smallest absolute Gasteiger partial charge is 0.325 e. The Balaban J connectivity index is 1.14. The van der Waals surface area contributed by atoms with Crippen LogP contribution in [0.3, 0.4) is 0 Å². The van der Waals surface area contributed by atoms with E-state index >= 15 is 0 Å². The van der Waals surface area contributed by atoms with E-state index in [0.29, 0.717) is 32.7 Å². The Morgan fingerprint density at radius 1 is 1.29 bits per heavy atom. The monoisotopic (exact) mass is 525 g/mol. The number of aliphatic carboxylic acids is 1. The summed E-state index contributed by atoms with van der Waals surface area (Å²) in [5, 5.41) is 13.6. The van der Waals surface area contributed by atoms with Crippen molar-refractivity contribution >= 4 is 11.8 Å². The van der Waals surface area contributed by atoms with Crippen LogP contribution in [0.5, 0.6) is 0 Å². The number of pyridine rings is 1. The quantitative estimate of drug-likeness (QED) is 0.428. The highest BCUT2D eigenvalue weighted by Gasteiger charge is 2.39. The lowest BCUT2D eigenvalue weighted by molar-refractivity contribution is -0.143. The Morgan fingerprint density at radius 3 is 2.97 bits per heavy atom. The number of fused-ring (bicyclic) bond motifs is 2. The maximum Gasteiger partial charge on any atom is 0.325 e. The van der Waals surface area contributed by atoms with Crippen LogP contribution in [0.25, 0.3) is 0 Å². The third-order valence-corrected chi connectivity index (χ3v) is 8.11. The van der Waals surface area contributed by atoms with E-state index in [2.05, 4.69) is 17.4 Å². The number of carboxylic acids is 1. The molecule has 206 valence electrons. The van der Waals surface area contributed by atoms with Gasteiger partial charge in [-0.2, -0.15) is 0 Å². The first kappa shape index (κ1) is 27.0. The number of carbonyl (C=O) groups is 1. The molecule has 4 heterocycles. The lowest BCUT2D eigenvalue weighted by atomic mass is 9.86. The van der Waals surface area contributed by atoms with Crippen LogP contribution in [-0.2, 0) is 40.1 Å². The van der Waals surface area contributed by atoms with Gasteiger partial charge in [0.2, 0.25) is 0 Å². The fourth-order valence-electron chi connectivity index (χ4n) is 5.95. The molecular formula is C30H40FN3O4. The third-order valence-electron chi connectivity index (χ3n) is 8.11. The van der Waals surface area contributed by atoms with Gasteiger partial charge in [-0.3, -0.25) is 9.69 Å². The van der Waals surface area contributed by atoms with Gasteiger partial charge in [0.15, 0.2) is 0 Å². The summed E-state index contributed by atoms with van der Waals surface area (Å²) in [7, 11) is 0. The maximum atomic E-state index is 14.7. The number of hydrogen-bond acceptors (Lipinski definition) is 6. The fraction of sp³-hybridized carbons (Fsp3) is 0.600. The summed E-state index contributed by atoms with van der Waals surface area (Å²) < 4.78 is 26.6. The molecule has 0 aliphatic carbocycles. The van der Waals surface area contributed by atoms with Crippen molar-refractivity contribution in [3.05, 3.63) is 58.3 Å². The minimum atomic E-state index is -1.50. The van der Waals surface area contributed by atoms with E-state index in [1.807, 2.05) is 23.1 Å². The molecule has 0 radical (unpaired) electrons. The SMILES string of the molecule is CC(C)(F)[C@H]1Cc2c(cccc2[C@@H](C(=O)O)N2CC[C@@H](OCCCCc3ccc4c(n3)NCCC4)C2)CO1. The van der Waals surface area contributed by atoms with Crippen LogP contribution < -0.4 is 5.32 Å². The van der Waals surface area contributed by atoms with Crippen molar-refractivity contribution in [2.75, 3.05) is 31.6 Å². The highest BCUT2D eigenvalue weighted by Crippen LogP contribution is 2.36. The van der Waals surface area contributed by atoms with E-state index < -0.39 is 23.8 Å². The molecule has 0 unspecified atom stereocenters. The van der Waals surface area contributed by atoms with Crippen LogP contribution in [-0.4, -0.2) is 65.1 Å². The fourth-order valence-corrected chi connectivity index (χ4v) is 5.95. The molecule has 3 aliphatic heterocycles. The van der Waals surface area contributed by atoms with Crippen LogP contribution in [0.2, 0.25) is 0 Å². The van der Waals surface area contributed by atoms with Gasteiger partial charge in [-0.1, -0.05) is 24.3 Å². The molecule has 1 aromatic carbocycles. The topological polar surface area (TPSA) is 83.9 Å². The predicted molar refractivity (Wildman–Crippen MR) is 144 cm³/mol. The number of anilines is 1. The molecule has 3 atom stereocenters. The molecule has 5 rings (SSSR count). The first-order valence-electron chi connectivity index (χ1n) is 14.0. The zero-order chi connectivity index (χ0) is 26.7. The molecule has 8 heteroatoms. The van der Waals surface area contributed by atoms with Crippen molar-refractivity contribution < 1.29 is 23.8 Å². The van der Waals surface area contributed by atoms with Gasteiger partial charge in [-0.15, -0.1) is 0 Å². The van der Waals surface area contributed by atoms with Crippen LogP contribution in [0, 0.1) is 0 Å². The number of nitrogens with one attached hydrogen (secondary N) is 1. The van der Waals surface area contributed by atoms with E-state index in [-0.39, 0.29) is 6.10 Å². The first-order chi connectivity index (χ1) is 18.3. The first-order valence-corrected chi connectivity index (χ1v) is 14.0. The summed E-state index contributed by atoms with van der Waals surface area (Å²) in [6, 6.07) is 9.27. The summed E-state index contributed by atoms with van der Waals surface area (Å²) in [4.78, 5) is 19.2. The molecule has 0 spiro atoms. The van der Waals surface area contributed by atoms with E-state index in [9.17, 15) is 14.3 Å². The van der Waals surface area contributed by atoms with Crippen LogP contribution >= 0.6 is 0 Å². The van der Waals surface area contributed by atoms with Gasteiger partial charge in [0, 0.05) is 38.4 Å². The number of ether oxygens (including phenoxy) is 2. The van der Waals surface area contributed by atoms with Crippen molar-refractivity contribution in [2.45, 2.75) is 89.3 Å². The van der Waals surface area contributed by atoms with Gasteiger partial charge in [0.25, 0.3) is 0 Å². The van der Waals surface area contributed by atoms with Gasteiger partial charge < -0.3 is 19.9 Å². The second-order valence-corrected chi connectivity index (χ2v) is 11.4. The average molecular weight is 526 g/mol. The van der Waals surface area contributed by atoms with Gasteiger partial charge in [-0.25, -0.2) is 9.37 Å². The summed E-state index contributed by atoms with van der Waals surface area (Å²) >= 11 is 0. The number of benzene rings is 1. The number of halogens is 1. The number of aryl methyl sites for hydroxylation is 2. The second-order valence-electron chi connectivity index (χ2n) is 11.4. The van der Waals surface area contributed by atoms with E-state index in [1.54, 1.807) is 0 Å². The third kappa shape index (κ3) is 6.19. The minimum Gasteiger partial charge on any atom is -0.480 e. The molecule has 0 bridgehead atoms. The Bertz CT molecular complexity index is 1130. The summed E-state index contributed by atoms with van der Waals surface area (Å²) in [5.41, 5.74) is 3.54. The minimum absolute atomic E-state index is 0.0170. The second kappa shape index (κ2) is 11.7. The summed E-state index contributed by atoms with van der Waals surface area (Å²) in [5.74, 6) is 0.161. The van der Waals surface area contributed by atoms with Gasteiger partial charge in [0.1, 0.15) is 17.5 Å². The van der Waals surface area contributed by atoms with Gasteiger partial charge in [0.05, 0.1) is 18.8 Å². The lowest BCUT2D eigenvalue weighted by Crippen LogP contribution is -2.40. The molecule has 3 aliphatic rings. The molecule has 0 amide bonds. The van der Waals surface area contributed by atoms with Crippen molar-refractivity contribution in [1.82, 2.24) is 9.88 Å². The Labute approximate surface area is 224 Å². The van der Waals surface area contributed by atoms with Crippen molar-refractivity contribution in [3.8, 4) is 0 Å². The van der Waals surface area contributed by atoms with Crippen LogP contribution in [0.4, 0.5) is 10.2 Å². The molecule has 2 N–H and O–H groups in total. The summed E-state index contributed by atoms with van der Waals surface area (Å²) in [6.45, 7) is 6.22.